The van der Waals surface area contributed by atoms with E-state index in [-0.39, 0.29) is 24.2 Å². The summed E-state index contributed by atoms with van der Waals surface area (Å²) in [5.74, 6) is 0.980. The predicted octanol–water partition coefficient (Wildman–Crippen LogP) is 3.59. The van der Waals surface area contributed by atoms with Gasteiger partial charge in [-0.15, -0.1) is 12.4 Å². The Morgan fingerprint density at radius 2 is 2.00 bits per heavy atom. The van der Waals surface area contributed by atoms with Gasteiger partial charge >= 0.3 is 0 Å². The van der Waals surface area contributed by atoms with E-state index < -0.39 is 0 Å². The molecule has 1 atom stereocenters. The number of rotatable bonds is 8. The van der Waals surface area contributed by atoms with Crippen LogP contribution in [0.2, 0.25) is 5.02 Å². The summed E-state index contributed by atoms with van der Waals surface area (Å²) in [5.41, 5.74) is 7.38. The van der Waals surface area contributed by atoms with Crippen LogP contribution in [0.15, 0.2) is 48.5 Å². The number of hydrogen-bond donors (Lipinski definition) is 2. The van der Waals surface area contributed by atoms with Crippen LogP contribution in [0.4, 0.5) is 0 Å². The summed E-state index contributed by atoms with van der Waals surface area (Å²) in [6.07, 6.45) is 0.320. The molecule has 2 rings (SSSR count). The van der Waals surface area contributed by atoms with Crippen LogP contribution in [-0.4, -0.2) is 19.0 Å². The monoisotopic (exact) mass is 382 g/mol. The zero-order valence-electron chi connectivity index (χ0n) is 14.2. The van der Waals surface area contributed by atoms with Crippen LogP contribution in [0.25, 0.3) is 0 Å². The average Bonchev–Trinajstić information content (AvgIpc) is 2.59. The first-order valence-electron chi connectivity index (χ1n) is 8.00. The molecule has 0 saturated heterocycles. The molecule has 2 aromatic rings. The molecule has 1 unspecified atom stereocenters. The first-order valence-corrected chi connectivity index (χ1v) is 8.38. The van der Waals surface area contributed by atoms with Crippen molar-refractivity contribution in [2.24, 2.45) is 11.7 Å². The second-order valence-corrected chi connectivity index (χ2v) is 6.26. The highest BCUT2D eigenvalue weighted by Crippen LogP contribution is 2.19. The van der Waals surface area contributed by atoms with Gasteiger partial charge in [-0.25, -0.2) is 0 Å². The van der Waals surface area contributed by atoms with Crippen molar-refractivity contribution in [3.63, 3.8) is 0 Å². The normalized spacial score (nSPS) is 11.3. The van der Waals surface area contributed by atoms with Crippen molar-refractivity contribution in [2.75, 3.05) is 13.1 Å². The molecule has 3 N–H and O–H groups in total. The molecular formula is C19H24Cl2N2O2. The summed E-state index contributed by atoms with van der Waals surface area (Å²) in [4.78, 5) is 12.0. The fourth-order valence-electron chi connectivity index (χ4n) is 2.14. The fraction of sp³-hybridized carbons (Fsp3) is 0.316. The van der Waals surface area contributed by atoms with E-state index in [0.717, 1.165) is 16.9 Å². The molecule has 0 radical (unpaired) electrons. The SMILES string of the molecule is CC(CN)CNC(=O)Cc1cccc(OCc2ccccc2Cl)c1.Cl. The van der Waals surface area contributed by atoms with Crippen LogP contribution in [0, 0.1) is 5.92 Å². The molecule has 0 aliphatic carbocycles. The van der Waals surface area contributed by atoms with Gasteiger partial charge in [0.15, 0.2) is 0 Å². The highest BCUT2D eigenvalue weighted by Gasteiger charge is 2.07. The maximum atomic E-state index is 12.0. The number of benzene rings is 2. The summed E-state index contributed by atoms with van der Waals surface area (Å²) in [6.45, 7) is 3.55. The van der Waals surface area contributed by atoms with Crippen LogP contribution in [0.5, 0.6) is 5.75 Å². The van der Waals surface area contributed by atoms with Gasteiger partial charge in [0.1, 0.15) is 12.4 Å². The van der Waals surface area contributed by atoms with Crippen molar-refractivity contribution in [3.8, 4) is 5.75 Å². The van der Waals surface area contributed by atoms with E-state index in [9.17, 15) is 4.79 Å². The molecule has 0 fully saturated rings. The Bertz CT molecular complexity index is 680. The lowest BCUT2D eigenvalue weighted by atomic mass is 10.1. The van der Waals surface area contributed by atoms with Gasteiger partial charge in [-0.05, 0) is 36.2 Å². The summed E-state index contributed by atoms with van der Waals surface area (Å²) in [6, 6.07) is 15.1. The summed E-state index contributed by atoms with van der Waals surface area (Å²) in [7, 11) is 0. The molecule has 4 nitrogen and oxygen atoms in total. The first-order chi connectivity index (χ1) is 11.6. The molecule has 6 heteroatoms. The third-order valence-electron chi connectivity index (χ3n) is 3.67. The van der Waals surface area contributed by atoms with Gasteiger partial charge < -0.3 is 15.8 Å². The highest BCUT2D eigenvalue weighted by molar-refractivity contribution is 6.31. The molecule has 0 aliphatic heterocycles. The minimum Gasteiger partial charge on any atom is -0.489 e. The Hall–Kier alpha value is -1.75. The lowest BCUT2D eigenvalue weighted by molar-refractivity contribution is -0.120. The Labute approximate surface area is 160 Å². The number of carbonyl (C=O) groups excluding carboxylic acids is 1. The number of nitrogens with one attached hydrogen (secondary N) is 1. The van der Waals surface area contributed by atoms with Gasteiger partial charge in [0.2, 0.25) is 5.91 Å². The molecule has 136 valence electrons. The van der Waals surface area contributed by atoms with Crippen LogP contribution in [0.1, 0.15) is 18.1 Å². The van der Waals surface area contributed by atoms with Crippen molar-refractivity contribution in [1.82, 2.24) is 5.32 Å². The highest BCUT2D eigenvalue weighted by atomic mass is 35.5. The molecular weight excluding hydrogens is 359 g/mol. The number of carbonyl (C=O) groups is 1. The largest absolute Gasteiger partial charge is 0.489 e. The summed E-state index contributed by atoms with van der Waals surface area (Å²) in [5, 5.41) is 3.57. The van der Waals surface area contributed by atoms with E-state index in [1.807, 2.05) is 55.5 Å². The van der Waals surface area contributed by atoms with Crippen LogP contribution in [0.3, 0.4) is 0 Å². The van der Waals surface area contributed by atoms with Gasteiger partial charge in [0.25, 0.3) is 0 Å². The molecule has 25 heavy (non-hydrogen) atoms. The van der Waals surface area contributed by atoms with Crippen molar-refractivity contribution >= 4 is 29.9 Å². The quantitative estimate of drug-likeness (QED) is 0.732. The Balaban J connectivity index is 0.00000312. The van der Waals surface area contributed by atoms with E-state index >= 15 is 0 Å². The first kappa shape index (κ1) is 21.3. The van der Waals surface area contributed by atoms with E-state index in [0.29, 0.717) is 31.1 Å². The summed E-state index contributed by atoms with van der Waals surface area (Å²) < 4.78 is 5.78. The lowest BCUT2D eigenvalue weighted by Crippen LogP contribution is -2.32. The van der Waals surface area contributed by atoms with E-state index in [1.54, 1.807) is 0 Å². The van der Waals surface area contributed by atoms with Crippen LogP contribution >= 0.6 is 24.0 Å². The fourth-order valence-corrected chi connectivity index (χ4v) is 2.33. The van der Waals surface area contributed by atoms with E-state index in [4.69, 9.17) is 22.1 Å². The molecule has 0 aliphatic rings. The number of halogens is 2. The minimum absolute atomic E-state index is 0. The van der Waals surface area contributed by atoms with E-state index in [1.165, 1.54) is 0 Å². The van der Waals surface area contributed by atoms with Gasteiger partial charge in [0, 0.05) is 17.1 Å². The van der Waals surface area contributed by atoms with Crippen molar-refractivity contribution < 1.29 is 9.53 Å². The van der Waals surface area contributed by atoms with Crippen LogP contribution < -0.4 is 15.8 Å². The number of ether oxygens (including phenoxy) is 1. The molecule has 1 amide bonds. The Morgan fingerprint density at radius 3 is 2.72 bits per heavy atom. The van der Waals surface area contributed by atoms with Gasteiger partial charge in [0.05, 0.1) is 6.42 Å². The Kier molecular flexibility index (Phi) is 9.35. The number of amides is 1. The second-order valence-electron chi connectivity index (χ2n) is 5.85. The minimum atomic E-state index is -0.0152. The smallest absolute Gasteiger partial charge is 0.224 e. The number of hydrogen-bond acceptors (Lipinski definition) is 3. The summed E-state index contributed by atoms with van der Waals surface area (Å²) >= 11 is 6.12. The molecule has 0 heterocycles. The molecule has 0 spiro atoms. The van der Waals surface area contributed by atoms with Crippen molar-refractivity contribution in [1.29, 1.82) is 0 Å². The van der Waals surface area contributed by atoms with Gasteiger partial charge in [-0.2, -0.15) is 0 Å². The van der Waals surface area contributed by atoms with Crippen LogP contribution in [-0.2, 0) is 17.8 Å². The maximum absolute atomic E-state index is 12.0. The van der Waals surface area contributed by atoms with Crippen molar-refractivity contribution in [3.05, 3.63) is 64.7 Å². The zero-order chi connectivity index (χ0) is 17.4. The maximum Gasteiger partial charge on any atom is 0.224 e. The average molecular weight is 383 g/mol. The van der Waals surface area contributed by atoms with Crippen molar-refractivity contribution in [2.45, 2.75) is 20.0 Å². The molecule has 0 aromatic heterocycles. The lowest BCUT2D eigenvalue weighted by Gasteiger charge is -2.11. The van der Waals surface area contributed by atoms with Gasteiger partial charge in [-0.1, -0.05) is 48.9 Å². The zero-order valence-corrected chi connectivity index (χ0v) is 15.8. The standard InChI is InChI=1S/C19H23ClN2O2.ClH/c1-14(11-21)12-22-19(23)10-15-5-4-7-17(9-15)24-13-16-6-2-3-8-18(16)20;/h2-9,14H,10-13,21H2,1H3,(H,22,23);1H. The predicted molar refractivity (Wildman–Crippen MR) is 104 cm³/mol. The number of nitrogens with two attached hydrogens (primary N) is 1. The molecule has 2 aromatic carbocycles. The molecule has 0 saturated carbocycles. The third-order valence-corrected chi connectivity index (χ3v) is 4.03. The Morgan fingerprint density at radius 1 is 1.24 bits per heavy atom. The van der Waals surface area contributed by atoms with Gasteiger partial charge in [-0.3, -0.25) is 4.79 Å². The molecule has 0 bridgehead atoms. The van der Waals surface area contributed by atoms with E-state index in [2.05, 4.69) is 5.32 Å². The third kappa shape index (κ3) is 7.34. The second kappa shape index (κ2) is 11.0. The topological polar surface area (TPSA) is 64.3 Å².